The number of nitrogens with one attached hydrogen (secondary N) is 7. The molecular weight excluding hydrogens is 650 g/mol. The number of aromatic hydroxyl groups is 1. The van der Waals surface area contributed by atoms with Gasteiger partial charge in [0.15, 0.2) is 0 Å². The Labute approximate surface area is 294 Å². The third-order valence-electron chi connectivity index (χ3n) is 8.56. The number of fused-ring (bicyclic) bond motifs is 1. The molecule has 49 heavy (non-hydrogen) atoms. The van der Waals surface area contributed by atoms with Crippen molar-refractivity contribution in [1.82, 2.24) is 42.1 Å². The van der Waals surface area contributed by atoms with E-state index in [-0.39, 0.29) is 60.8 Å². The van der Waals surface area contributed by atoms with Crippen LogP contribution in [0.15, 0.2) is 24.3 Å². The van der Waals surface area contributed by atoms with E-state index in [4.69, 9.17) is 5.73 Å². The summed E-state index contributed by atoms with van der Waals surface area (Å²) in [6, 6.07) is 4.78. The SMILES string of the molecule is NC(=O)[C@H](CS)NC(=O)CCCCCNC(=O)[C@H](Cc1ccc(O)cc1)NC(=O)CCCC(=O)N[C@@]12CNCCNCCCNCC[N@]1C2. The van der Waals surface area contributed by atoms with E-state index < -0.39 is 23.7 Å². The van der Waals surface area contributed by atoms with E-state index in [0.717, 1.165) is 57.8 Å². The highest BCUT2D eigenvalue weighted by atomic mass is 32.1. The van der Waals surface area contributed by atoms with Crippen LogP contribution in [0.2, 0.25) is 0 Å². The van der Waals surface area contributed by atoms with Crippen LogP contribution in [0, 0.1) is 0 Å². The zero-order valence-corrected chi connectivity index (χ0v) is 29.3. The van der Waals surface area contributed by atoms with Crippen molar-refractivity contribution in [3.8, 4) is 5.75 Å². The number of carbonyl (C=O) groups is 5. The van der Waals surface area contributed by atoms with Gasteiger partial charge < -0.3 is 48.1 Å². The van der Waals surface area contributed by atoms with Gasteiger partial charge in [0.25, 0.3) is 0 Å². The van der Waals surface area contributed by atoms with Crippen molar-refractivity contribution in [3.63, 3.8) is 0 Å². The normalized spacial score (nSPS) is 20.9. The maximum absolute atomic E-state index is 13.1. The Hall–Kier alpha value is -3.44. The fourth-order valence-electron chi connectivity index (χ4n) is 5.65. The number of hydrogen-bond donors (Lipinski definition) is 10. The summed E-state index contributed by atoms with van der Waals surface area (Å²) >= 11 is 4.01. The minimum atomic E-state index is -0.850. The van der Waals surface area contributed by atoms with Crippen molar-refractivity contribution in [2.24, 2.45) is 5.73 Å². The molecule has 1 aromatic carbocycles. The molecule has 2 aliphatic heterocycles. The lowest BCUT2D eigenvalue weighted by atomic mass is 10.0. The largest absolute Gasteiger partial charge is 0.508 e. The summed E-state index contributed by atoms with van der Waals surface area (Å²) in [6.07, 6.45) is 3.96. The third-order valence-corrected chi connectivity index (χ3v) is 8.93. The standard InChI is InChI=1S/C33H55N9O6S/c34-31(47)27(21-49)40-28(44)6-2-1-3-15-38-32(48)26(20-24-9-11-25(43)12-10-24)39-29(45)7-4-8-30(46)41-33-22-37-17-16-35-13-5-14-36-18-19-42(33)23-33/h9-12,26-27,35-37,43,49H,1-8,13-23H2,(H2,34,47)(H,38,48)(H,39,45)(H,40,44)(H,41,46)/t26-,27-,33-,42+/m0/s1. The van der Waals surface area contributed by atoms with Gasteiger partial charge in [-0.1, -0.05) is 18.6 Å². The van der Waals surface area contributed by atoms with Gasteiger partial charge in [-0.05, 0) is 56.5 Å². The number of carbonyl (C=O) groups excluding carboxylic acids is 5. The molecule has 0 bridgehead atoms. The number of unbranched alkanes of at least 4 members (excludes halogenated alkanes) is 2. The molecule has 0 aliphatic carbocycles. The van der Waals surface area contributed by atoms with Crippen molar-refractivity contribution in [2.45, 2.75) is 75.5 Å². The minimum Gasteiger partial charge on any atom is -0.508 e. The van der Waals surface area contributed by atoms with Crippen LogP contribution in [0.25, 0.3) is 0 Å². The van der Waals surface area contributed by atoms with Gasteiger partial charge in [-0.25, -0.2) is 0 Å². The summed E-state index contributed by atoms with van der Waals surface area (Å²) in [6.45, 7) is 7.07. The molecule has 16 heteroatoms. The smallest absolute Gasteiger partial charge is 0.242 e. The first-order valence-corrected chi connectivity index (χ1v) is 18.0. The minimum absolute atomic E-state index is 0.0865. The molecule has 0 radical (unpaired) electrons. The first-order chi connectivity index (χ1) is 23.6. The molecule has 2 heterocycles. The van der Waals surface area contributed by atoms with E-state index in [0.29, 0.717) is 38.8 Å². The maximum Gasteiger partial charge on any atom is 0.242 e. The van der Waals surface area contributed by atoms with E-state index >= 15 is 0 Å². The fourth-order valence-corrected chi connectivity index (χ4v) is 5.92. The van der Waals surface area contributed by atoms with Crippen LogP contribution < -0.4 is 43.0 Å². The van der Waals surface area contributed by atoms with E-state index in [2.05, 4.69) is 54.7 Å². The lowest BCUT2D eigenvalue weighted by Crippen LogP contribution is -2.50. The summed E-state index contributed by atoms with van der Waals surface area (Å²) in [7, 11) is 0. The number of hydrogen-bond acceptors (Lipinski definition) is 11. The third kappa shape index (κ3) is 15.3. The monoisotopic (exact) mass is 705 g/mol. The van der Waals surface area contributed by atoms with Crippen molar-refractivity contribution in [3.05, 3.63) is 29.8 Å². The van der Waals surface area contributed by atoms with Gasteiger partial charge in [-0.3, -0.25) is 28.9 Å². The molecule has 5 amide bonds. The number of rotatable bonds is 18. The Morgan fingerprint density at radius 2 is 1.49 bits per heavy atom. The topological polar surface area (TPSA) is 219 Å². The molecule has 274 valence electrons. The first-order valence-electron chi connectivity index (χ1n) is 17.3. The van der Waals surface area contributed by atoms with Crippen LogP contribution in [0.5, 0.6) is 5.75 Å². The predicted molar refractivity (Wildman–Crippen MR) is 190 cm³/mol. The summed E-state index contributed by atoms with van der Waals surface area (Å²) in [5.41, 5.74) is 5.58. The van der Waals surface area contributed by atoms with Gasteiger partial charge in [0.05, 0.1) is 0 Å². The Bertz CT molecular complexity index is 1220. The van der Waals surface area contributed by atoms with E-state index in [9.17, 15) is 29.1 Å². The maximum atomic E-state index is 13.1. The van der Waals surface area contributed by atoms with Crippen LogP contribution in [0.1, 0.15) is 56.9 Å². The summed E-state index contributed by atoms with van der Waals surface area (Å²) in [5, 5.41) is 31.4. The molecule has 2 aliphatic rings. The van der Waals surface area contributed by atoms with Crippen LogP contribution in [-0.2, 0) is 30.4 Å². The molecule has 0 saturated carbocycles. The van der Waals surface area contributed by atoms with Gasteiger partial charge in [0, 0.05) is 77.2 Å². The second-order valence-electron chi connectivity index (χ2n) is 12.7. The molecule has 10 N–H and O–H groups in total. The Balaban J connectivity index is 1.42. The average molecular weight is 706 g/mol. The zero-order chi connectivity index (χ0) is 35.5. The second-order valence-corrected chi connectivity index (χ2v) is 13.0. The highest BCUT2D eigenvalue weighted by molar-refractivity contribution is 7.80. The summed E-state index contributed by atoms with van der Waals surface area (Å²) < 4.78 is 0. The summed E-state index contributed by atoms with van der Waals surface area (Å²) in [4.78, 5) is 64.5. The Morgan fingerprint density at radius 3 is 2.20 bits per heavy atom. The summed E-state index contributed by atoms with van der Waals surface area (Å²) in [5.74, 6) is -1.50. The van der Waals surface area contributed by atoms with Crippen LogP contribution >= 0.6 is 12.6 Å². The predicted octanol–water partition coefficient (Wildman–Crippen LogP) is -1.53. The number of nitrogens with zero attached hydrogens (tertiary/aromatic N) is 1. The molecule has 2 fully saturated rings. The van der Waals surface area contributed by atoms with Crippen molar-refractivity contribution < 1.29 is 29.1 Å². The number of amides is 5. The van der Waals surface area contributed by atoms with Crippen LogP contribution in [0.3, 0.4) is 0 Å². The molecule has 0 unspecified atom stereocenters. The number of thiol groups is 1. The Kier molecular flexibility index (Phi) is 17.6. The van der Waals surface area contributed by atoms with Gasteiger partial charge in [-0.15, -0.1) is 0 Å². The van der Waals surface area contributed by atoms with Gasteiger partial charge in [-0.2, -0.15) is 12.6 Å². The molecule has 1 aromatic rings. The number of phenols is 1. The van der Waals surface area contributed by atoms with Crippen molar-refractivity contribution in [2.75, 3.05) is 64.7 Å². The first kappa shape index (κ1) is 40.0. The fraction of sp³-hybridized carbons (Fsp3) is 0.667. The number of primary amides is 1. The Morgan fingerprint density at radius 1 is 0.837 bits per heavy atom. The number of phenolic OH excluding ortho intramolecular Hbond substituents is 1. The zero-order valence-electron chi connectivity index (χ0n) is 28.4. The van der Waals surface area contributed by atoms with E-state index in [1.807, 2.05) is 0 Å². The lowest BCUT2D eigenvalue weighted by molar-refractivity contribution is -0.129. The second kappa shape index (κ2) is 21.6. The highest BCUT2D eigenvalue weighted by Gasteiger charge is 2.52. The van der Waals surface area contributed by atoms with Gasteiger partial charge in [0.1, 0.15) is 23.5 Å². The average Bonchev–Trinajstić information content (AvgIpc) is 3.74. The van der Waals surface area contributed by atoms with Crippen LogP contribution in [0.4, 0.5) is 0 Å². The van der Waals surface area contributed by atoms with Crippen molar-refractivity contribution >= 4 is 42.2 Å². The lowest BCUT2D eigenvalue weighted by Gasteiger charge is -2.21. The molecular formula is C33H55N9O6S. The number of benzene rings is 1. The number of nitrogens with two attached hydrogens (primary N) is 1. The quantitative estimate of drug-likeness (QED) is 0.0483. The molecule has 4 atom stereocenters. The molecule has 0 spiro atoms. The molecule has 0 aromatic heterocycles. The van der Waals surface area contributed by atoms with Crippen molar-refractivity contribution in [1.29, 1.82) is 0 Å². The molecule has 15 nitrogen and oxygen atoms in total. The highest BCUT2D eigenvalue weighted by Crippen LogP contribution is 2.28. The van der Waals surface area contributed by atoms with Gasteiger partial charge >= 0.3 is 0 Å². The van der Waals surface area contributed by atoms with Crippen LogP contribution in [-0.4, -0.2) is 122 Å². The van der Waals surface area contributed by atoms with Gasteiger partial charge in [0.2, 0.25) is 29.5 Å². The molecule has 3 rings (SSSR count). The van der Waals surface area contributed by atoms with E-state index in [1.54, 1.807) is 12.1 Å². The molecule has 2 saturated heterocycles. The van der Waals surface area contributed by atoms with E-state index in [1.165, 1.54) is 12.1 Å².